The van der Waals surface area contributed by atoms with Crippen LogP contribution in [0.2, 0.25) is 5.28 Å². The fourth-order valence-corrected chi connectivity index (χ4v) is 2.20. The minimum atomic E-state index is 0.164. The summed E-state index contributed by atoms with van der Waals surface area (Å²) in [5.74, 6) is 0.499. The second-order valence-electron chi connectivity index (χ2n) is 4.37. The highest BCUT2D eigenvalue weighted by Gasteiger charge is 2.09. The van der Waals surface area contributed by atoms with Gasteiger partial charge in [0.1, 0.15) is 0 Å². The first-order valence-corrected chi connectivity index (χ1v) is 6.42. The molecule has 3 N–H and O–H groups in total. The van der Waals surface area contributed by atoms with Crippen molar-refractivity contribution in [3.63, 3.8) is 0 Å². The maximum Gasteiger partial charge on any atom is 0.224 e. The van der Waals surface area contributed by atoms with Crippen LogP contribution in [0.5, 0.6) is 0 Å². The van der Waals surface area contributed by atoms with E-state index < -0.39 is 0 Å². The van der Waals surface area contributed by atoms with Gasteiger partial charge in [0.2, 0.25) is 5.28 Å². The number of rotatable bonds is 2. The molecule has 5 nitrogen and oxygen atoms in total. The smallest absolute Gasteiger partial charge is 0.224 e. The molecule has 0 unspecified atom stereocenters. The van der Waals surface area contributed by atoms with E-state index in [-0.39, 0.29) is 5.28 Å². The average molecular weight is 286 g/mol. The van der Waals surface area contributed by atoms with Crippen LogP contribution >= 0.6 is 11.6 Å². The fourth-order valence-electron chi connectivity index (χ4n) is 1.99. The van der Waals surface area contributed by atoms with E-state index in [1.54, 1.807) is 19.3 Å². The van der Waals surface area contributed by atoms with Crippen LogP contribution in [0.25, 0.3) is 10.8 Å². The summed E-state index contributed by atoms with van der Waals surface area (Å²) in [6.45, 7) is 1.79. The number of nitrogens with one attached hydrogen (secondary N) is 1. The van der Waals surface area contributed by atoms with Gasteiger partial charge in [-0.3, -0.25) is 4.98 Å². The highest BCUT2D eigenvalue weighted by molar-refractivity contribution is 6.28. The molecule has 0 saturated heterocycles. The van der Waals surface area contributed by atoms with E-state index >= 15 is 0 Å². The Morgan fingerprint density at radius 3 is 2.90 bits per heavy atom. The molecule has 2 heterocycles. The van der Waals surface area contributed by atoms with E-state index in [4.69, 9.17) is 17.3 Å². The summed E-state index contributed by atoms with van der Waals surface area (Å²) < 4.78 is 0. The normalized spacial score (nSPS) is 10.7. The van der Waals surface area contributed by atoms with Crippen molar-refractivity contribution in [3.8, 4) is 0 Å². The van der Waals surface area contributed by atoms with Gasteiger partial charge in [-0.2, -0.15) is 4.98 Å². The maximum absolute atomic E-state index is 5.98. The van der Waals surface area contributed by atoms with Gasteiger partial charge in [0.05, 0.1) is 11.4 Å². The lowest BCUT2D eigenvalue weighted by Crippen LogP contribution is -2.04. The number of hydrogen-bond acceptors (Lipinski definition) is 5. The fraction of sp³-hybridized carbons (Fsp3) is 0.0714. The Morgan fingerprint density at radius 2 is 2.05 bits per heavy atom. The third kappa shape index (κ3) is 2.23. The van der Waals surface area contributed by atoms with E-state index in [1.807, 2.05) is 24.3 Å². The van der Waals surface area contributed by atoms with E-state index in [0.29, 0.717) is 17.2 Å². The lowest BCUT2D eigenvalue weighted by molar-refractivity contribution is 1.11. The minimum Gasteiger partial charge on any atom is -0.394 e. The van der Waals surface area contributed by atoms with Crippen LogP contribution in [0.4, 0.5) is 17.2 Å². The summed E-state index contributed by atoms with van der Waals surface area (Å²) in [6.07, 6.45) is 3.55. The number of anilines is 3. The molecule has 0 aliphatic heterocycles. The van der Waals surface area contributed by atoms with Crippen LogP contribution in [0, 0.1) is 6.92 Å². The van der Waals surface area contributed by atoms with Crippen molar-refractivity contribution in [2.75, 3.05) is 11.1 Å². The van der Waals surface area contributed by atoms with Crippen molar-refractivity contribution < 1.29 is 0 Å². The van der Waals surface area contributed by atoms with Crippen LogP contribution < -0.4 is 11.1 Å². The predicted octanol–water partition coefficient (Wildman–Crippen LogP) is 3.31. The van der Waals surface area contributed by atoms with Gasteiger partial charge < -0.3 is 11.1 Å². The molecule has 0 aliphatic rings. The average Bonchev–Trinajstić information content (AvgIpc) is 2.44. The monoisotopic (exact) mass is 285 g/mol. The van der Waals surface area contributed by atoms with E-state index in [1.165, 1.54) is 0 Å². The number of aromatic nitrogens is 3. The molecule has 0 spiro atoms. The van der Waals surface area contributed by atoms with Crippen LogP contribution in [-0.2, 0) is 0 Å². The molecular formula is C14H12ClN5. The van der Waals surface area contributed by atoms with Gasteiger partial charge in [-0.25, -0.2) is 4.98 Å². The van der Waals surface area contributed by atoms with Crippen LogP contribution in [0.3, 0.4) is 0 Å². The number of nitrogen functional groups attached to an aromatic ring is 1. The standard InChI is InChI=1S/C14H12ClN5/c1-8-12(16)13(20-14(15)18-8)19-11-4-2-3-9-5-6-17-7-10(9)11/h2-7H,16H2,1H3,(H,18,19,20). The second kappa shape index (κ2) is 4.94. The highest BCUT2D eigenvalue weighted by atomic mass is 35.5. The molecule has 0 fully saturated rings. The van der Waals surface area contributed by atoms with Gasteiger partial charge in [-0.05, 0) is 36.0 Å². The zero-order valence-corrected chi connectivity index (χ0v) is 11.5. The topological polar surface area (TPSA) is 76.7 Å². The van der Waals surface area contributed by atoms with Gasteiger partial charge >= 0.3 is 0 Å². The number of halogens is 1. The summed E-state index contributed by atoms with van der Waals surface area (Å²) >= 11 is 5.88. The quantitative estimate of drug-likeness (QED) is 0.706. The molecule has 1 aromatic carbocycles. The number of nitrogens with two attached hydrogens (primary N) is 1. The Bertz CT molecular complexity index is 782. The van der Waals surface area contributed by atoms with Crippen LogP contribution in [0.1, 0.15) is 5.69 Å². The predicted molar refractivity (Wildman–Crippen MR) is 81.2 cm³/mol. The van der Waals surface area contributed by atoms with Crippen molar-refractivity contribution in [3.05, 3.63) is 47.6 Å². The molecule has 6 heteroatoms. The molecule has 0 amide bonds. The van der Waals surface area contributed by atoms with Crippen molar-refractivity contribution in [2.45, 2.75) is 6.92 Å². The van der Waals surface area contributed by atoms with Gasteiger partial charge in [0, 0.05) is 23.5 Å². The SMILES string of the molecule is Cc1nc(Cl)nc(Nc2cccc3ccncc23)c1N. The Hall–Kier alpha value is -2.40. The molecule has 0 atom stereocenters. The second-order valence-corrected chi connectivity index (χ2v) is 4.71. The molecular weight excluding hydrogens is 274 g/mol. The van der Waals surface area contributed by atoms with E-state index in [9.17, 15) is 0 Å². The lowest BCUT2D eigenvalue weighted by atomic mass is 10.1. The van der Waals surface area contributed by atoms with Crippen LogP contribution in [-0.4, -0.2) is 15.0 Å². The maximum atomic E-state index is 5.98. The minimum absolute atomic E-state index is 0.164. The third-order valence-electron chi connectivity index (χ3n) is 3.05. The molecule has 3 aromatic rings. The summed E-state index contributed by atoms with van der Waals surface area (Å²) in [7, 11) is 0. The highest BCUT2D eigenvalue weighted by Crippen LogP contribution is 2.28. The van der Waals surface area contributed by atoms with Crippen molar-refractivity contribution in [1.82, 2.24) is 15.0 Å². The number of fused-ring (bicyclic) bond motifs is 1. The van der Waals surface area contributed by atoms with Gasteiger partial charge in [0.15, 0.2) is 5.82 Å². The first kappa shape index (κ1) is 12.6. The number of benzene rings is 1. The first-order valence-electron chi connectivity index (χ1n) is 6.04. The molecule has 0 bridgehead atoms. The zero-order chi connectivity index (χ0) is 14.1. The summed E-state index contributed by atoms with van der Waals surface area (Å²) in [5, 5.41) is 5.43. The first-order chi connectivity index (χ1) is 9.65. The Kier molecular flexibility index (Phi) is 3.12. The largest absolute Gasteiger partial charge is 0.394 e. The Morgan fingerprint density at radius 1 is 1.20 bits per heavy atom. The number of pyridine rings is 1. The molecule has 3 rings (SSSR count). The summed E-state index contributed by atoms with van der Waals surface area (Å²) in [4.78, 5) is 12.3. The van der Waals surface area contributed by atoms with Crippen molar-refractivity contribution in [2.24, 2.45) is 0 Å². The third-order valence-corrected chi connectivity index (χ3v) is 3.21. The summed E-state index contributed by atoms with van der Waals surface area (Å²) in [5.41, 5.74) is 7.98. The molecule has 100 valence electrons. The number of nitrogens with zero attached hydrogens (tertiary/aromatic N) is 3. The van der Waals surface area contributed by atoms with E-state index in [0.717, 1.165) is 16.5 Å². The molecule has 2 aromatic heterocycles. The number of hydrogen-bond donors (Lipinski definition) is 2. The lowest BCUT2D eigenvalue weighted by Gasteiger charge is -2.12. The Balaban J connectivity index is 2.10. The molecule has 0 radical (unpaired) electrons. The molecule has 0 saturated carbocycles. The molecule has 20 heavy (non-hydrogen) atoms. The number of aryl methyl sites for hydroxylation is 1. The van der Waals surface area contributed by atoms with Crippen LogP contribution in [0.15, 0.2) is 36.7 Å². The van der Waals surface area contributed by atoms with E-state index in [2.05, 4.69) is 20.3 Å². The van der Waals surface area contributed by atoms with Crippen molar-refractivity contribution >= 4 is 39.6 Å². The summed E-state index contributed by atoms with van der Waals surface area (Å²) in [6, 6.07) is 7.86. The van der Waals surface area contributed by atoms with Gasteiger partial charge in [-0.1, -0.05) is 12.1 Å². The molecule has 0 aliphatic carbocycles. The zero-order valence-electron chi connectivity index (χ0n) is 10.8. The Labute approximate surface area is 120 Å². The van der Waals surface area contributed by atoms with Gasteiger partial charge in [0.25, 0.3) is 0 Å². The van der Waals surface area contributed by atoms with Crippen molar-refractivity contribution in [1.29, 1.82) is 0 Å². The van der Waals surface area contributed by atoms with Gasteiger partial charge in [-0.15, -0.1) is 0 Å².